The number of nitrogens with zero attached hydrogens (tertiary/aromatic N) is 4. The van der Waals surface area contributed by atoms with Gasteiger partial charge in [0.15, 0.2) is 17.3 Å². The summed E-state index contributed by atoms with van der Waals surface area (Å²) in [4.78, 5) is 11.6. The van der Waals surface area contributed by atoms with Crippen molar-refractivity contribution >= 4 is 11.1 Å². The molecule has 0 bridgehead atoms. The fourth-order valence-corrected chi connectivity index (χ4v) is 3.43. The molecule has 0 N–H and O–H groups in total. The van der Waals surface area contributed by atoms with Gasteiger partial charge in [0.05, 0.1) is 6.04 Å². The third kappa shape index (κ3) is 3.18. The maximum absolute atomic E-state index is 5.99. The molecule has 3 heterocycles. The van der Waals surface area contributed by atoms with Gasteiger partial charge in [0.2, 0.25) is 5.89 Å². The van der Waals surface area contributed by atoms with Crippen LogP contribution in [-0.4, -0.2) is 33.1 Å². The van der Waals surface area contributed by atoms with Crippen molar-refractivity contribution in [2.75, 3.05) is 13.1 Å². The Morgan fingerprint density at radius 1 is 1.16 bits per heavy atom. The number of likely N-dealkylation sites (tertiary alicyclic amines) is 1. The van der Waals surface area contributed by atoms with E-state index in [1.54, 1.807) is 0 Å². The summed E-state index contributed by atoms with van der Waals surface area (Å²) >= 11 is 0. The Morgan fingerprint density at radius 2 is 2.00 bits per heavy atom. The van der Waals surface area contributed by atoms with Gasteiger partial charge in [-0.2, -0.15) is 4.98 Å². The first-order chi connectivity index (χ1) is 12.1. The van der Waals surface area contributed by atoms with Crippen LogP contribution in [0.15, 0.2) is 33.2 Å². The molecule has 2 aromatic heterocycles. The van der Waals surface area contributed by atoms with Crippen molar-refractivity contribution in [1.82, 2.24) is 20.0 Å². The summed E-state index contributed by atoms with van der Waals surface area (Å²) in [6, 6.07) is 8.05. The van der Waals surface area contributed by atoms with Gasteiger partial charge in [-0.3, -0.25) is 4.90 Å². The van der Waals surface area contributed by atoms with Crippen molar-refractivity contribution in [1.29, 1.82) is 0 Å². The predicted molar refractivity (Wildman–Crippen MR) is 94.4 cm³/mol. The summed E-state index contributed by atoms with van der Waals surface area (Å²) in [6.07, 6.45) is 2.20. The van der Waals surface area contributed by atoms with E-state index in [4.69, 9.17) is 8.94 Å². The summed E-state index contributed by atoms with van der Waals surface area (Å²) in [5.74, 6) is 2.89. The third-order valence-corrected chi connectivity index (χ3v) is 4.99. The molecule has 6 heteroatoms. The molecule has 25 heavy (non-hydrogen) atoms. The quantitative estimate of drug-likeness (QED) is 0.706. The fraction of sp³-hybridized carbons (Fsp3) is 0.526. The van der Waals surface area contributed by atoms with Crippen LogP contribution in [0.3, 0.4) is 0 Å². The Morgan fingerprint density at radius 3 is 2.76 bits per heavy atom. The first-order valence-corrected chi connectivity index (χ1v) is 9.05. The van der Waals surface area contributed by atoms with Crippen molar-refractivity contribution in [3.63, 3.8) is 0 Å². The molecule has 6 nitrogen and oxygen atoms in total. The SMILES string of the molecule is CC(C)c1noc(C(C)N2CCCC(c3nc4ccccc4o3)C2)n1. The van der Waals surface area contributed by atoms with Gasteiger partial charge in [-0.05, 0) is 38.4 Å². The number of fused-ring (bicyclic) bond motifs is 1. The second-order valence-electron chi connectivity index (χ2n) is 7.18. The van der Waals surface area contributed by atoms with E-state index in [2.05, 4.69) is 40.8 Å². The molecule has 0 aliphatic carbocycles. The van der Waals surface area contributed by atoms with Crippen LogP contribution in [0.25, 0.3) is 11.1 Å². The first-order valence-electron chi connectivity index (χ1n) is 9.05. The molecule has 1 aliphatic rings. The summed E-state index contributed by atoms with van der Waals surface area (Å²) < 4.78 is 11.5. The van der Waals surface area contributed by atoms with Crippen molar-refractivity contribution in [2.45, 2.75) is 51.5 Å². The smallest absolute Gasteiger partial charge is 0.243 e. The van der Waals surface area contributed by atoms with E-state index in [1.807, 2.05) is 24.3 Å². The molecule has 2 atom stereocenters. The Labute approximate surface area is 147 Å². The van der Waals surface area contributed by atoms with Gasteiger partial charge in [0, 0.05) is 18.4 Å². The minimum absolute atomic E-state index is 0.104. The summed E-state index contributed by atoms with van der Waals surface area (Å²) in [5, 5.41) is 4.09. The van der Waals surface area contributed by atoms with Crippen LogP contribution in [0.5, 0.6) is 0 Å². The highest BCUT2D eigenvalue weighted by Crippen LogP contribution is 2.32. The third-order valence-electron chi connectivity index (χ3n) is 4.99. The van der Waals surface area contributed by atoms with Crippen molar-refractivity contribution < 1.29 is 8.94 Å². The first kappa shape index (κ1) is 16.3. The molecular formula is C19H24N4O2. The maximum Gasteiger partial charge on any atom is 0.243 e. The minimum atomic E-state index is 0.104. The molecule has 3 aromatic rings. The normalized spacial score (nSPS) is 20.4. The second-order valence-corrected chi connectivity index (χ2v) is 7.18. The van der Waals surface area contributed by atoms with E-state index < -0.39 is 0 Å². The van der Waals surface area contributed by atoms with Gasteiger partial charge < -0.3 is 8.94 Å². The van der Waals surface area contributed by atoms with Crippen LogP contribution in [0, 0.1) is 0 Å². The van der Waals surface area contributed by atoms with Crippen molar-refractivity contribution in [2.24, 2.45) is 0 Å². The number of hydrogen-bond acceptors (Lipinski definition) is 6. The van der Waals surface area contributed by atoms with Crippen LogP contribution < -0.4 is 0 Å². The number of benzene rings is 1. The molecule has 1 saturated heterocycles. The standard InChI is InChI=1S/C19H24N4O2/c1-12(2)17-21-18(25-22-17)13(3)23-10-6-7-14(11-23)19-20-15-8-4-5-9-16(15)24-19/h4-5,8-9,12-14H,6-7,10-11H2,1-3H3. The zero-order valence-corrected chi connectivity index (χ0v) is 15.0. The summed E-state index contributed by atoms with van der Waals surface area (Å²) in [7, 11) is 0. The van der Waals surface area contributed by atoms with Gasteiger partial charge in [0.25, 0.3) is 0 Å². The van der Waals surface area contributed by atoms with E-state index in [-0.39, 0.29) is 12.0 Å². The fourth-order valence-electron chi connectivity index (χ4n) is 3.43. The van der Waals surface area contributed by atoms with Gasteiger partial charge in [-0.15, -0.1) is 0 Å². The maximum atomic E-state index is 5.99. The molecule has 1 aliphatic heterocycles. The average molecular weight is 340 g/mol. The van der Waals surface area contributed by atoms with E-state index in [1.165, 1.54) is 0 Å². The number of oxazole rings is 1. The lowest BCUT2D eigenvalue weighted by atomic mass is 9.97. The van der Waals surface area contributed by atoms with Crippen LogP contribution in [-0.2, 0) is 0 Å². The van der Waals surface area contributed by atoms with Crippen LogP contribution in [0.2, 0.25) is 0 Å². The van der Waals surface area contributed by atoms with E-state index in [0.29, 0.717) is 11.8 Å². The van der Waals surface area contributed by atoms with E-state index in [9.17, 15) is 0 Å². The number of hydrogen-bond donors (Lipinski definition) is 0. The molecule has 132 valence electrons. The molecule has 2 unspecified atom stereocenters. The lowest BCUT2D eigenvalue weighted by molar-refractivity contribution is 0.126. The Balaban J connectivity index is 1.51. The van der Waals surface area contributed by atoms with Crippen LogP contribution >= 0.6 is 0 Å². The molecule has 0 saturated carbocycles. The highest BCUT2D eigenvalue weighted by Gasteiger charge is 2.30. The van der Waals surface area contributed by atoms with Crippen LogP contribution in [0.4, 0.5) is 0 Å². The van der Waals surface area contributed by atoms with Gasteiger partial charge in [-0.1, -0.05) is 31.1 Å². The molecule has 0 radical (unpaired) electrons. The van der Waals surface area contributed by atoms with Gasteiger partial charge >= 0.3 is 0 Å². The van der Waals surface area contributed by atoms with E-state index in [0.717, 1.165) is 48.7 Å². The average Bonchev–Trinajstić information content (AvgIpc) is 3.28. The zero-order valence-electron chi connectivity index (χ0n) is 15.0. The number of aromatic nitrogens is 3. The molecular weight excluding hydrogens is 316 g/mol. The monoisotopic (exact) mass is 340 g/mol. The number of para-hydroxylation sites is 2. The topological polar surface area (TPSA) is 68.2 Å². The summed E-state index contributed by atoms with van der Waals surface area (Å²) in [5.41, 5.74) is 1.79. The molecule has 1 fully saturated rings. The lowest BCUT2D eigenvalue weighted by Crippen LogP contribution is -2.36. The predicted octanol–water partition coefficient (Wildman–Crippen LogP) is 4.27. The van der Waals surface area contributed by atoms with Crippen molar-refractivity contribution in [3.8, 4) is 0 Å². The Hall–Kier alpha value is -2.21. The molecule has 4 rings (SSSR count). The largest absolute Gasteiger partial charge is 0.440 e. The second kappa shape index (κ2) is 6.59. The minimum Gasteiger partial charge on any atom is -0.440 e. The Bertz CT molecular complexity index is 821. The number of rotatable bonds is 4. The Kier molecular flexibility index (Phi) is 4.29. The molecule has 0 amide bonds. The van der Waals surface area contributed by atoms with Crippen molar-refractivity contribution in [3.05, 3.63) is 41.9 Å². The van der Waals surface area contributed by atoms with Gasteiger partial charge in [-0.25, -0.2) is 4.98 Å². The van der Waals surface area contributed by atoms with E-state index >= 15 is 0 Å². The van der Waals surface area contributed by atoms with Crippen LogP contribution in [0.1, 0.15) is 69.1 Å². The zero-order chi connectivity index (χ0) is 17.4. The highest BCUT2D eigenvalue weighted by atomic mass is 16.5. The van der Waals surface area contributed by atoms with Gasteiger partial charge in [0.1, 0.15) is 5.52 Å². The number of piperidine rings is 1. The molecule has 1 aromatic carbocycles. The lowest BCUT2D eigenvalue weighted by Gasteiger charge is -2.34. The molecule has 0 spiro atoms. The highest BCUT2D eigenvalue weighted by molar-refractivity contribution is 5.72. The summed E-state index contributed by atoms with van der Waals surface area (Å²) in [6.45, 7) is 8.20.